The van der Waals surface area contributed by atoms with E-state index in [0.717, 1.165) is 0 Å². The molecule has 122 valence electrons. The second-order valence-electron chi connectivity index (χ2n) is 4.88. The van der Waals surface area contributed by atoms with Crippen LogP contribution in [0.5, 0.6) is 0 Å². The molecule has 0 aromatic carbocycles. The molecule has 0 saturated carbocycles. The van der Waals surface area contributed by atoms with Crippen molar-refractivity contribution in [1.82, 2.24) is 0 Å². The zero-order chi connectivity index (χ0) is 16.3. The Morgan fingerprint density at radius 2 is 1.90 bits per heavy atom. The molecule has 21 heavy (non-hydrogen) atoms. The highest BCUT2D eigenvalue weighted by atomic mass is 16.6. The van der Waals surface area contributed by atoms with Gasteiger partial charge >= 0.3 is 5.97 Å². The summed E-state index contributed by atoms with van der Waals surface area (Å²) in [4.78, 5) is 32.7. The van der Waals surface area contributed by atoms with Crippen molar-refractivity contribution in [2.24, 2.45) is 5.92 Å². The molecular formula is C14H25NO6. The molecule has 0 aliphatic carbocycles. The molecule has 0 aliphatic rings. The summed E-state index contributed by atoms with van der Waals surface area (Å²) in [6.07, 6.45) is 1.80. The van der Waals surface area contributed by atoms with Gasteiger partial charge in [-0.2, -0.15) is 0 Å². The predicted molar refractivity (Wildman–Crippen MR) is 76.5 cm³/mol. The minimum Gasteiger partial charge on any atom is -0.465 e. The van der Waals surface area contributed by atoms with E-state index in [4.69, 9.17) is 9.47 Å². The first kappa shape index (κ1) is 19.5. The summed E-state index contributed by atoms with van der Waals surface area (Å²) >= 11 is 0. The number of aldehydes is 1. The van der Waals surface area contributed by atoms with Crippen LogP contribution in [0.15, 0.2) is 0 Å². The fourth-order valence-corrected chi connectivity index (χ4v) is 1.88. The van der Waals surface area contributed by atoms with Gasteiger partial charge < -0.3 is 14.3 Å². The van der Waals surface area contributed by atoms with Gasteiger partial charge in [-0.3, -0.25) is 14.9 Å². The van der Waals surface area contributed by atoms with Gasteiger partial charge in [0.1, 0.15) is 19.0 Å². The molecule has 0 rings (SSSR count). The molecule has 7 nitrogen and oxygen atoms in total. The molecule has 0 spiro atoms. The molecule has 0 fully saturated rings. The lowest BCUT2D eigenvalue weighted by molar-refractivity contribution is -0.491. The Hall–Kier alpha value is -1.50. The van der Waals surface area contributed by atoms with E-state index in [9.17, 15) is 19.7 Å². The lowest BCUT2D eigenvalue weighted by Crippen LogP contribution is -2.37. The molecule has 0 amide bonds. The van der Waals surface area contributed by atoms with E-state index >= 15 is 0 Å². The molecular weight excluding hydrogens is 278 g/mol. The monoisotopic (exact) mass is 303 g/mol. The Balaban J connectivity index is 4.70. The second-order valence-corrected chi connectivity index (χ2v) is 4.88. The first-order valence-corrected chi connectivity index (χ1v) is 7.36. The average Bonchev–Trinajstić information content (AvgIpc) is 2.45. The second kappa shape index (κ2) is 11.2. The largest absolute Gasteiger partial charge is 0.465 e. The van der Waals surface area contributed by atoms with E-state index < -0.39 is 29.5 Å². The molecule has 0 aromatic heterocycles. The molecule has 0 aromatic rings. The highest BCUT2D eigenvalue weighted by molar-refractivity contribution is 5.69. The summed E-state index contributed by atoms with van der Waals surface area (Å²) in [7, 11) is 0. The Bertz CT molecular complexity index is 329. The van der Waals surface area contributed by atoms with Crippen molar-refractivity contribution in [3.8, 4) is 0 Å². The maximum Gasteiger partial charge on any atom is 0.305 e. The Labute approximate surface area is 125 Å². The van der Waals surface area contributed by atoms with Crippen LogP contribution in [0, 0.1) is 16.0 Å². The molecule has 7 heteroatoms. The van der Waals surface area contributed by atoms with Crippen molar-refractivity contribution in [2.45, 2.75) is 58.7 Å². The van der Waals surface area contributed by atoms with Gasteiger partial charge in [0.15, 0.2) is 0 Å². The standard InChI is InChI=1S/C14H25NO6/c1-4-7-14(17)20-10-11(8-15(18)19)13(9-16)21-12(5-2)6-3/h9,11-13H,4-8,10H2,1-3H3/t11-,13+/m0/s1. The summed E-state index contributed by atoms with van der Waals surface area (Å²) in [6, 6.07) is 0. The number of carbonyl (C=O) groups is 2. The van der Waals surface area contributed by atoms with Crippen LogP contribution in [0.2, 0.25) is 0 Å². The normalized spacial score (nSPS) is 13.7. The Morgan fingerprint density at radius 1 is 1.29 bits per heavy atom. The van der Waals surface area contributed by atoms with Crippen LogP contribution in [0.1, 0.15) is 46.5 Å². The zero-order valence-electron chi connectivity index (χ0n) is 12.9. The zero-order valence-corrected chi connectivity index (χ0v) is 12.9. The number of esters is 1. The Morgan fingerprint density at radius 3 is 2.33 bits per heavy atom. The van der Waals surface area contributed by atoms with E-state index in [1.165, 1.54) is 0 Å². The molecule has 0 aliphatic heterocycles. The summed E-state index contributed by atoms with van der Waals surface area (Å²) in [5.74, 6) is -1.18. The fourth-order valence-electron chi connectivity index (χ4n) is 1.88. The maximum atomic E-state index is 11.4. The highest BCUT2D eigenvalue weighted by Crippen LogP contribution is 2.14. The van der Waals surface area contributed by atoms with Gasteiger partial charge in [-0.05, 0) is 19.3 Å². The van der Waals surface area contributed by atoms with Gasteiger partial charge in [-0.25, -0.2) is 0 Å². The average molecular weight is 303 g/mol. The number of rotatable bonds is 12. The SMILES string of the molecule is CCCC(=O)OC[C@H](C[N+](=O)[O-])[C@@H](C=O)OC(CC)CC. The van der Waals surface area contributed by atoms with Gasteiger partial charge in [-0.15, -0.1) is 0 Å². The number of nitrogens with zero attached hydrogens (tertiary/aromatic N) is 1. The summed E-state index contributed by atoms with van der Waals surface area (Å²) in [5.41, 5.74) is 0. The lowest BCUT2D eigenvalue weighted by Gasteiger charge is -2.24. The molecule has 0 unspecified atom stereocenters. The first-order valence-electron chi connectivity index (χ1n) is 7.36. The third kappa shape index (κ3) is 8.39. The van der Waals surface area contributed by atoms with Crippen LogP contribution in [0.3, 0.4) is 0 Å². The molecule has 0 heterocycles. The van der Waals surface area contributed by atoms with Crippen LogP contribution >= 0.6 is 0 Å². The van der Waals surface area contributed by atoms with Gasteiger partial charge in [0.2, 0.25) is 6.54 Å². The van der Waals surface area contributed by atoms with Crippen LogP contribution in [0.4, 0.5) is 0 Å². The molecule has 0 saturated heterocycles. The first-order chi connectivity index (χ1) is 9.98. The van der Waals surface area contributed by atoms with Crippen molar-refractivity contribution in [2.75, 3.05) is 13.2 Å². The van der Waals surface area contributed by atoms with Gasteiger partial charge in [0.25, 0.3) is 0 Å². The molecule has 0 N–H and O–H groups in total. The quantitative estimate of drug-likeness (QED) is 0.237. The molecule has 0 radical (unpaired) electrons. The van der Waals surface area contributed by atoms with Crippen molar-refractivity contribution in [3.05, 3.63) is 10.1 Å². The number of ether oxygens (including phenoxy) is 2. The topological polar surface area (TPSA) is 95.7 Å². The van der Waals surface area contributed by atoms with Crippen LogP contribution < -0.4 is 0 Å². The van der Waals surface area contributed by atoms with Crippen LogP contribution in [-0.4, -0.2) is 42.5 Å². The fraction of sp³-hybridized carbons (Fsp3) is 0.857. The summed E-state index contributed by atoms with van der Waals surface area (Å²) < 4.78 is 10.6. The van der Waals surface area contributed by atoms with Gasteiger partial charge in [-0.1, -0.05) is 20.8 Å². The minimum atomic E-state index is -0.935. The van der Waals surface area contributed by atoms with Crippen LogP contribution in [0.25, 0.3) is 0 Å². The van der Waals surface area contributed by atoms with Crippen molar-refractivity contribution in [3.63, 3.8) is 0 Å². The molecule has 2 atom stereocenters. The van der Waals surface area contributed by atoms with Gasteiger partial charge in [0.05, 0.1) is 12.0 Å². The lowest BCUT2D eigenvalue weighted by atomic mass is 10.0. The smallest absolute Gasteiger partial charge is 0.305 e. The van der Waals surface area contributed by atoms with E-state index in [0.29, 0.717) is 25.5 Å². The van der Waals surface area contributed by atoms with Crippen molar-refractivity contribution >= 4 is 12.3 Å². The van der Waals surface area contributed by atoms with Crippen molar-refractivity contribution < 1.29 is 24.0 Å². The summed E-state index contributed by atoms with van der Waals surface area (Å²) in [5, 5.41) is 10.7. The third-order valence-electron chi connectivity index (χ3n) is 3.16. The highest BCUT2D eigenvalue weighted by Gasteiger charge is 2.30. The Kier molecular flexibility index (Phi) is 10.4. The number of hydrogen-bond acceptors (Lipinski definition) is 6. The number of carbonyl (C=O) groups excluding carboxylic acids is 2. The maximum absolute atomic E-state index is 11.4. The van der Waals surface area contributed by atoms with Crippen molar-refractivity contribution in [1.29, 1.82) is 0 Å². The predicted octanol–water partition coefficient (Wildman–Crippen LogP) is 2.00. The van der Waals surface area contributed by atoms with Gasteiger partial charge in [0, 0.05) is 11.3 Å². The number of hydrogen-bond donors (Lipinski definition) is 0. The van der Waals surface area contributed by atoms with Crippen LogP contribution in [-0.2, 0) is 19.1 Å². The van der Waals surface area contributed by atoms with E-state index in [1.54, 1.807) is 0 Å². The van der Waals surface area contributed by atoms with E-state index in [1.807, 2.05) is 20.8 Å². The third-order valence-corrected chi connectivity index (χ3v) is 3.16. The van der Waals surface area contributed by atoms with E-state index in [-0.39, 0.29) is 19.1 Å². The van der Waals surface area contributed by atoms with E-state index in [2.05, 4.69) is 0 Å². The minimum absolute atomic E-state index is 0.138. The summed E-state index contributed by atoms with van der Waals surface area (Å²) in [6.45, 7) is 5.02. The number of nitro groups is 1. The molecule has 0 bridgehead atoms.